The van der Waals surface area contributed by atoms with Gasteiger partial charge in [-0.15, -0.1) is 0 Å². The van der Waals surface area contributed by atoms with Crippen molar-refractivity contribution in [2.45, 2.75) is 5.33 Å². The number of hydrogen-bond donors (Lipinski definition) is 0. The maximum absolute atomic E-state index is 12.9. The van der Waals surface area contributed by atoms with Gasteiger partial charge in [0, 0.05) is 23.7 Å². The lowest BCUT2D eigenvalue weighted by atomic mass is 10.3. The monoisotopic (exact) mass is 281 g/mol. The van der Waals surface area contributed by atoms with Crippen LogP contribution in [0.5, 0.6) is 11.6 Å². The highest BCUT2D eigenvalue weighted by Crippen LogP contribution is 2.20. The molecule has 0 aliphatic heterocycles. The molecule has 16 heavy (non-hydrogen) atoms. The van der Waals surface area contributed by atoms with Gasteiger partial charge in [-0.1, -0.05) is 28.1 Å². The van der Waals surface area contributed by atoms with Gasteiger partial charge in [-0.3, -0.25) is 0 Å². The first-order valence-electron chi connectivity index (χ1n) is 4.72. The van der Waals surface area contributed by atoms with Crippen molar-refractivity contribution in [3.05, 3.63) is 54.0 Å². The van der Waals surface area contributed by atoms with Gasteiger partial charge in [0.25, 0.3) is 0 Å². The van der Waals surface area contributed by atoms with Crippen molar-refractivity contribution in [2.75, 3.05) is 0 Å². The Kier molecular flexibility index (Phi) is 3.51. The van der Waals surface area contributed by atoms with Crippen LogP contribution in [-0.4, -0.2) is 4.98 Å². The summed E-state index contributed by atoms with van der Waals surface area (Å²) in [5, 5.41) is 0.750. The fraction of sp³-hybridized carbons (Fsp3) is 0.0833. The maximum atomic E-state index is 12.9. The highest BCUT2D eigenvalue weighted by molar-refractivity contribution is 9.08. The molecular formula is C12H9BrFNO. The molecule has 0 aliphatic rings. The smallest absolute Gasteiger partial charge is 0.219 e. The number of aromatic nitrogens is 1. The van der Waals surface area contributed by atoms with Crippen LogP contribution in [0.15, 0.2) is 42.6 Å². The van der Waals surface area contributed by atoms with Gasteiger partial charge in [-0.25, -0.2) is 9.37 Å². The predicted octanol–water partition coefficient (Wildman–Crippen LogP) is 3.91. The summed E-state index contributed by atoms with van der Waals surface area (Å²) in [4.78, 5) is 4.10. The van der Waals surface area contributed by atoms with Crippen LogP contribution in [0.3, 0.4) is 0 Å². The molecule has 0 atom stereocenters. The van der Waals surface area contributed by atoms with Gasteiger partial charge in [0.05, 0.1) is 0 Å². The van der Waals surface area contributed by atoms with E-state index < -0.39 is 0 Å². The van der Waals surface area contributed by atoms with Crippen LogP contribution in [0.2, 0.25) is 0 Å². The molecule has 0 unspecified atom stereocenters. The third-order valence-electron chi connectivity index (χ3n) is 1.97. The molecule has 0 spiro atoms. The molecule has 1 aromatic carbocycles. The molecular weight excluding hydrogens is 273 g/mol. The molecule has 0 fully saturated rings. The summed E-state index contributed by atoms with van der Waals surface area (Å²) in [6.07, 6.45) is 1.71. The normalized spacial score (nSPS) is 10.1. The summed E-state index contributed by atoms with van der Waals surface area (Å²) < 4.78 is 18.3. The van der Waals surface area contributed by atoms with Crippen molar-refractivity contribution < 1.29 is 9.13 Å². The third-order valence-corrected chi connectivity index (χ3v) is 2.62. The van der Waals surface area contributed by atoms with Crippen molar-refractivity contribution in [2.24, 2.45) is 0 Å². The van der Waals surface area contributed by atoms with Crippen molar-refractivity contribution >= 4 is 15.9 Å². The zero-order chi connectivity index (χ0) is 11.4. The van der Waals surface area contributed by atoms with Gasteiger partial charge in [-0.05, 0) is 17.7 Å². The van der Waals surface area contributed by atoms with Gasteiger partial charge in [0.1, 0.15) is 11.6 Å². The minimum Gasteiger partial charge on any atom is -0.439 e. The van der Waals surface area contributed by atoms with Crippen LogP contribution in [0, 0.1) is 5.82 Å². The van der Waals surface area contributed by atoms with E-state index in [0.29, 0.717) is 11.6 Å². The van der Waals surface area contributed by atoms with Crippen LogP contribution in [0.4, 0.5) is 4.39 Å². The Balaban J connectivity index is 2.14. The minimum absolute atomic E-state index is 0.324. The van der Waals surface area contributed by atoms with Crippen molar-refractivity contribution in [3.8, 4) is 11.6 Å². The molecule has 0 aliphatic carbocycles. The average molecular weight is 282 g/mol. The Morgan fingerprint density at radius 1 is 1.25 bits per heavy atom. The lowest BCUT2D eigenvalue weighted by Crippen LogP contribution is -1.89. The van der Waals surface area contributed by atoms with Crippen molar-refractivity contribution in [1.82, 2.24) is 4.98 Å². The van der Waals surface area contributed by atoms with Gasteiger partial charge in [0.2, 0.25) is 5.88 Å². The van der Waals surface area contributed by atoms with Crippen LogP contribution >= 0.6 is 15.9 Å². The SMILES string of the molecule is Fc1cccc(Oc2ccc(CBr)cn2)c1. The second-order valence-corrected chi connectivity index (χ2v) is 3.76. The summed E-state index contributed by atoms with van der Waals surface area (Å²) in [5.74, 6) is 0.573. The Bertz CT molecular complexity index is 473. The molecule has 2 rings (SSSR count). The Hall–Kier alpha value is -1.42. The Morgan fingerprint density at radius 3 is 2.75 bits per heavy atom. The fourth-order valence-electron chi connectivity index (χ4n) is 1.20. The second-order valence-electron chi connectivity index (χ2n) is 3.20. The topological polar surface area (TPSA) is 22.1 Å². The largest absolute Gasteiger partial charge is 0.439 e. The zero-order valence-corrected chi connectivity index (χ0v) is 9.95. The van der Waals surface area contributed by atoms with E-state index in [4.69, 9.17) is 4.74 Å². The number of hydrogen-bond acceptors (Lipinski definition) is 2. The van der Waals surface area contributed by atoms with E-state index in [1.807, 2.05) is 6.07 Å². The van der Waals surface area contributed by atoms with E-state index in [9.17, 15) is 4.39 Å². The molecule has 0 amide bonds. The standard InChI is InChI=1S/C12H9BrFNO/c13-7-9-4-5-12(15-8-9)16-11-3-1-2-10(14)6-11/h1-6,8H,7H2. The highest BCUT2D eigenvalue weighted by Gasteiger charge is 1.99. The van der Waals surface area contributed by atoms with E-state index in [1.54, 1.807) is 24.4 Å². The lowest BCUT2D eigenvalue weighted by Gasteiger charge is -2.04. The zero-order valence-electron chi connectivity index (χ0n) is 8.36. The van der Waals surface area contributed by atoms with E-state index in [-0.39, 0.29) is 5.82 Å². The fourth-order valence-corrected chi connectivity index (χ4v) is 1.53. The van der Waals surface area contributed by atoms with Crippen molar-refractivity contribution in [3.63, 3.8) is 0 Å². The van der Waals surface area contributed by atoms with Gasteiger partial charge in [0.15, 0.2) is 0 Å². The predicted molar refractivity (Wildman–Crippen MR) is 63.3 cm³/mol. The molecule has 4 heteroatoms. The van der Waals surface area contributed by atoms with E-state index in [0.717, 1.165) is 10.9 Å². The molecule has 1 heterocycles. The number of nitrogens with zero attached hydrogens (tertiary/aromatic N) is 1. The molecule has 0 saturated carbocycles. The summed E-state index contributed by atoms with van der Waals surface area (Å²) in [7, 11) is 0. The molecule has 1 aromatic heterocycles. The maximum Gasteiger partial charge on any atom is 0.219 e. The first-order chi connectivity index (χ1) is 7.78. The lowest BCUT2D eigenvalue weighted by molar-refractivity contribution is 0.458. The summed E-state index contributed by atoms with van der Waals surface area (Å²) >= 11 is 3.33. The van der Waals surface area contributed by atoms with Gasteiger partial charge < -0.3 is 4.74 Å². The molecule has 82 valence electrons. The van der Waals surface area contributed by atoms with Crippen LogP contribution in [0.1, 0.15) is 5.56 Å². The van der Waals surface area contributed by atoms with E-state index >= 15 is 0 Å². The van der Waals surface area contributed by atoms with E-state index in [1.165, 1.54) is 12.1 Å². The number of benzene rings is 1. The molecule has 2 nitrogen and oxygen atoms in total. The van der Waals surface area contributed by atoms with Crippen LogP contribution in [-0.2, 0) is 5.33 Å². The van der Waals surface area contributed by atoms with Gasteiger partial charge >= 0.3 is 0 Å². The quantitative estimate of drug-likeness (QED) is 0.796. The Labute approximate surface area is 101 Å². The van der Waals surface area contributed by atoms with Gasteiger partial charge in [-0.2, -0.15) is 0 Å². The summed E-state index contributed by atoms with van der Waals surface area (Å²) in [6.45, 7) is 0. The third kappa shape index (κ3) is 2.79. The first-order valence-corrected chi connectivity index (χ1v) is 5.84. The number of rotatable bonds is 3. The summed E-state index contributed by atoms with van der Waals surface area (Å²) in [5.41, 5.74) is 1.06. The van der Waals surface area contributed by atoms with Crippen LogP contribution < -0.4 is 4.74 Å². The average Bonchev–Trinajstić information content (AvgIpc) is 2.30. The first kappa shape index (κ1) is 11.1. The molecule has 2 aromatic rings. The molecule has 0 saturated heterocycles. The number of pyridine rings is 1. The molecule has 0 N–H and O–H groups in total. The second kappa shape index (κ2) is 5.07. The number of ether oxygens (including phenoxy) is 1. The highest BCUT2D eigenvalue weighted by atomic mass is 79.9. The minimum atomic E-state index is -0.324. The van der Waals surface area contributed by atoms with Crippen LogP contribution in [0.25, 0.3) is 0 Å². The summed E-state index contributed by atoms with van der Waals surface area (Å²) in [6, 6.07) is 9.62. The molecule has 0 bridgehead atoms. The van der Waals surface area contributed by atoms with Crippen molar-refractivity contribution in [1.29, 1.82) is 0 Å². The number of halogens is 2. The molecule has 0 radical (unpaired) electrons. The van der Waals surface area contributed by atoms with E-state index in [2.05, 4.69) is 20.9 Å². The number of alkyl halides is 1. The Morgan fingerprint density at radius 2 is 2.12 bits per heavy atom.